The smallest absolute Gasteiger partial charge is 0.0950 e. The maximum atomic E-state index is 6.00. The Morgan fingerprint density at radius 2 is 2.00 bits per heavy atom. The van der Waals surface area contributed by atoms with Crippen LogP contribution in [0.5, 0.6) is 0 Å². The maximum Gasteiger partial charge on any atom is 0.0950 e. The van der Waals surface area contributed by atoms with Gasteiger partial charge >= 0.3 is 0 Å². The molecular weight excluding hydrogens is 318 g/mol. The van der Waals surface area contributed by atoms with Crippen LogP contribution in [0.1, 0.15) is 38.4 Å². The molecule has 1 N–H and O–H groups in total. The minimum absolute atomic E-state index is 0.0869. The van der Waals surface area contributed by atoms with Gasteiger partial charge in [0.25, 0.3) is 0 Å². The van der Waals surface area contributed by atoms with Crippen molar-refractivity contribution in [1.29, 1.82) is 0 Å². The largest absolute Gasteiger partial charge is 0.376 e. The lowest BCUT2D eigenvalue weighted by Crippen LogP contribution is -2.26. The number of nitrogens with one attached hydrogen (secondary N) is 1. The number of rotatable bonds is 9. The Kier molecular flexibility index (Phi) is 6.49. The molecule has 0 aliphatic heterocycles. The zero-order valence-corrected chi connectivity index (χ0v) is 13.9. The van der Waals surface area contributed by atoms with Crippen LogP contribution in [0, 0.1) is 0 Å². The first-order chi connectivity index (χ1) is 9.65. The van der Waals surface area contributed by atoms with Crippen LogP contribution in [0.3, 0.4) is 0 Å². The lowest BCUT2D eigenvalue weighted by Gasteiger charge is -2.20. The highest BCUT2D eigenvalue weighted by atomic mass is 79.9. The summed E-state index contributed by atoms with van der Waals surface area (Å²) in [7, 11) is 0. The second-order valence-corrected chi connectivity index (χ2v) is 6.43. The van der Waals surface area contributed by atoms with E-state index in [1.807, 2.05) is 19.9 Å². The van der Waals surface area contributed by atoms with Gasteiger partial charge in [-0.1, -0.05) is 28.1 Å². The van der Waals surface area contributed by atoms with Crippen LogP contribution in [0.2, 0.25) is 0 Å². The molecule has 20 heavy (non-hydrogen) atoms. The van der Waals surface area contributed by atoms with Gasteiger partial charge < -0.3 is 14.8 Å². The third kappa shape index (κ3) is 5.92. The zero-order valence-electron chi connectivity index (χ0n) is 12.3. The summed E-state index contributed by atoms with van der Waals surface area (Å²) in [6.45, 7) is 6.22. The van der Waals surface area contributed by atoms with Crippen molar-refractivity contribution in [2.24, 2.45) is 0 Å². The monoisotopic (exact) mass is 341 g/mol. The van der Waals surface area contributed by atoms with E-state index in [0.29, 0.717) is 19.3 Å². The van der Waals surface area contributed by atoms with E-state index in [1.54, 1.807) is 0 Å². The Bertz CT molecular complexity index is 407. The molecule has 0 saturated heterocycles. The van der Waals surface area contributed by atoms with Crippen LogP contribution in [-0.4, -0.2) is 31.9 Å². The van der Waals surface area contributed by atoms with E-state index in [9.17, 15) is 0 Å². The number of benzene rings is 1. The van der Waals surface area contributed by atoms with Crippen LogP contribution < -0.4 is 5.32 Å². The van der Waals surface area contributed by atoms with E-state index >= 15 is 0 Å². The minimum atomic E-state index is 0.0869. The topological polar surface area (TPSA) is 30.5 Å². The molecule has 1 aromatic carbocycles. The molecule has 4 heteroatoms. The van der Waals surface area contributed by atoms with Gasteiger partial charge in [0.05, 0.1) is 25.4 Å². The van der Waals surface area contributed by atoms with Crippen LogP contribution in [-0.2, 0) is 9.47 Å². The quantitative estimate of drug-likeness (QED) is 0.695. The van der Waals surface area contributed by atoms with Gasteiger partial charge in [-0.25, -0.2) is 0 Å². The number of hydrogen-bond donors (Lipinski definition) is 1. The Morgan fingerprint density at radius 1 is 1.25 bits per heavy atom. The Labute approximate surface area is 130 Å². The number of hydrogen-bond acceptors (Lipinski definition) is 3. The van der Waals surface area contributed by atoms with Crippen molar-refractivity contribution < 1.29 is 9.47 Å². The first-order valence-corrected chi connectivity index (χ1v) is 8.16. The van der Waals surface area contributed by atoms with Gasteiger partial charge in [-0.15, -0.1) is 0 Å². The first kappa shape index (κ1) is 16.0. The molecule has 3 nitrogen and oxygen atoms in total. The van der Waals surface area contributed by atoms with Crippen LogP contribution in [0.4, 0.5) is 0 Å². The summed E-state index contributed by atoms with van der Waals surface area (Å²) in [5.41, 5.74) is 1.21. The highest BCUT2D eigenvalue weighted by molar-refractivity contribution is 9.10. The second-order valence-electron chi connectivity index (χ2n) is 5.52. The van der Waals surface area contributed by atoms with E-state index in [4.69, 9.17) is 9.47 Å². The molecule has 1 aliphatic rings. The first-order valence-electron chi connectivity index (χ1n) is 7.37. The standard InChI is InChI=1S/C16H24BrNO2/c1-12(2)19-8-9-20-16(11-18-15-6-7-15)13-4-3-5-14(17)10-13/h3-5,10,12,15-16,18H,6-9,11H2,1-2H3. The lowest BCUT2D eigenvalue weighted by atomic mass is 10.1. The van der Waals surface area contributed by atoms with Crippen molar-refractivity contribution in [2.75, 3.05) is 19.8 Å². The summed E-state index contributed by atoms with van der Waals surface area (Å²) < 4.78 is 12.6. The number of halogens is 1. The molecule has 1 atom stereocenters. The zero-order chi connectivity index (χ0) is 14.4. The summed E-state index contributed by atoms with van der Waals surface area (Å²) in [6.07, 6.45) is 2.93. The molecular formula is C16H24BrNO2. The Balaban J connectivity index is 1.85. The second kappa shape index (κ2) is 8.13. The fraction of sp³-hybridized carbons (Fsp3) is 0.625. The lowest BCUT2D eigenvalue weighted by molar-refractivity contribution is -0.0131. The van der Waals surface area contributed by atoms with Crippen LogP contribution >= 0.6 is 15.9 Å². The molecule has 1 fully saturated rings. The Hall–Kier alpha value is -0.420. The van der Waals surface area contributed by atoms with Crippen LogP contribution in [0.25, 0.3) is 0 Å². The van der Waals surface area contributed by atoms with Crippen molar-refractivity contribution in [3.63, 3.8) is 0 Å². The molecule has 1 aromatic rings. The molecule has 0 aromatic heterocycles. The predicted molar refractivity (Wildman–Crippen MR) is 84.9 cm³/mol. The molecule has 0 spiro atoms. The third-order valence-electron chi connectivity index (χ3n) is 3.24. The van der Waals surface area contributed by atoms with Gasteiger partial charge in [-0.05, 0) is 44.4 Å². The SMILES string of the molecule is CC(C)OCCOC(CNC1CC1)c1cccc(Br)c1. The molecule has 1 saturated carbocycles. The molecule has 0 heterocycles. The molecule has 1 aliphatic carbocycles. The minimum Gasteiger partial charge on any atom is -0.376 e. The van der Waals surface area contributed by atoms with Gasteiger partial charge in [0.15, 0.2) is 0 Å². The van der Waals surface area contributed by atoms with Gasteiger partial charge in [-0.3, -0.25) is 0 Å². The van der Waals surface area contributed by atoms with E-state index in [-0.39, 0.29) is 12.2 Å². The summed E-state index contributed by atoms with van der Waals surface area (Å²) >= 11 is 3.52. The van der Waals surface area contributed by atoms with Crippen molar-refractivity contribution in [2.45, 2.75) is 44.9 Å². The normalized spacial score (nSPS) is 16.6. The van der Waals surface area contributed by atoms with Crippen molar-refractivity contribution in [1.82, 2.24) is 5.32 Å². The third-order valence-corrected chi connectivity index (χ3v) is 3.74. The Morgan fingerprint density at radius 3 is 2.65 bits per heavy atom. The average molecular weight is 342 g/mol. The molecule has 0 amide bonds. The number of ether oxygens (including phenoxy) is 2. The summed E-state index contributed by atoms with van der Waals surface area (Å²) in [5.74, 6) is 0. The highest BCUT2D eigenvalue weighted by Gasteiger charge is 2.22. The van der Waals surface area contributed by atoms with E-state index < -0.39 is 0 Å². The summed E-state index contributed by atoms with van der Waals surface area (Å²) in [6, 6.07) is 9.03. The summed E-state index contributed by atoms with van der Waals surface area (Å²) in [5, 5.41) is 3.54. The molecule has 1 unspecified atom stereocenters. The van der Waals surface area contributed by atoms with Crippen LogP contribution in [0.15, 0.2) is 28.7 Å². The van der Waals surface area contributed by atoms with E-state index in [0.717, 1.165) is 11.0 Å². The average Bonchev–Trinajstić information content (AvgIpc) is 3.21. The highest BCUT2D eigenvalue weighted by Crippen LogP contribution is 2.24. The van der Waals surface area contributed by atoms with E-state index in [1.165, 1.54) is 18.4 Å². The van der Waals surface area contributed by atoms with Gasteiger partial charge in [0.1, 0.15) is 0 Å². The molecule has 112 valence electrons. The van der Waals surface area contributed by atoms with Gasteiger partial charge in [0.2, 0.25) is 0 Å². The van der Waals surface area contributed by atoms with Crippen molar-refractivity contribution in [3.8, 4) is 0 Å². The fourth-order valence-electron chi connectivity index (χ4n) is 2.02. The summed E-state index contributed by atoms with van der Waals surface area (Å²) in [4.78, 5) is 0. The molecule has 2 rings (SSSR count). The van der Waals surface area contributed by atoms with E-state index in [2.05, 4.69) is 39.4 Å². The van der Waals surface area contributed by atoms with Gasteiger partial charge in [0, 0.05) is 17.1 Å². The fourth-order valence-corrected chi connectivity index (χ4v) is 2.43. The predicted octanol–water partition coefficient (Wildman–Crippen LogP) is 3.68. The molecule has 0 radical (unpaired) electrons. The van der Waals surface area contributed by atoms with Gasteiger partial charge in [-0.2, -0.15) is 0 Å². The van der Waals surface area contributed by atoms with Crippen molar-refractivity contribution in [3.05, 3.63) is 34.3 Å². The van der Waals surface area contributed by atoms with Crippen molar-refractivity contribution >= 4 is 15.9 Å². The molecule has 0 bridgehead atoms. The maximum absolute atomic E-state index is 6.00.